The van der Waals surface area contributed by atoms with Crippen LogP contribution in [0.1, 0.15) is 18.4 Å². The van der Waals surface area contributed by atoms with E-state index in [-0.39, 0.29) is 11.8 Å². The van der Waals surface area contributed by atoms with Gasteiger partial charge in [0.1, 0.15) is 0 Å². The third-order valence-corrected chi connectivity index (χ3v) is 4.24. The Bertz CT molecular complexity index is 459. The molecule has 0 saturated carbocycles. The Morgan fingerprint density at radius 1 is 1.56 bits per heavy atom. The molecule has 1 aliphatic heterocycles. The monoisotopic (exact) mass is 330 g/mol. The molecule has 1 saturated heterocycles. The lowest BCUT2D eigenvalue weighted by molar-refractivity contribution is -0.120. The van der Waals surface area contributed by atoms with Crippen molar-refractivity contribution in [2.45, 2.75) is 19.8 Å². The molecule has 1 amide bonds. The highest BCUT2D eigenvalue weighted by atomic mass is 79.9. The smallest absolute Gasteiger partial charge is 0.228 e. The number of aryl methyl sites for hydroxylation is 1. The van der Waals surface area contributed by atoms with Gasteiger partial charge in [0.2, 0.25) is 5.91 Å². The Morgan fingerprint density at radius 2 is 2.33 bits per heavy atom. The second kappa shape index (κ2) is 6.04. The van der Waals surface area contributed by atoms with Crippen LogP contribution in [0.15, 0.2) is 16.6 Å². The summed E-state index contributed by atoms with van der Waals surface area (Å²) in [4.78, 5) is 12.1. The highest BCUT2D eigenvalue weighted by molar-refractivity contribution is 9.10. The number of anilines is 1. The lowest BCUT2D eigenvalue weighted by Gasteiger charge is -2.22. The quantitative estimate of drug-likeness (QED) is 0.872. The van der Waals surface area contributed by atoms with Gasteiger partial charge in [-0.05, 0) is 59.9 Å². The molecule has 1 heterocycles. The van der Waals surface area contributed by atoms with Crippen LogP contribution in [0.25, 0.3) is 0 Å². The first-order valence-electron chi connectivity index (χ1n) is 6.05. The predicted molar refractivity (Wildman–Crippen MR) is 78.1 cm³/mol. The van der Waals surface area contributed by atoms with Crippen molar-refractivity contribution in [1.82, 2.24) is 5.32 Å². The van der Waals surface area contributed by atoms with E-state index < -0.39 is 0 Å². The second-order valence-electron chi connectivity index (χ2n) is 4.61. The van der Waals surface area contributed by atoms with Crippen molar-refractivity contribution >= 4 is 39.1 Å². The minimum atomic E-state index is 0.0470. The van der Waals surface area contributed by atoms with Gasteiger partial charge in [-0.2, -0.15) is 0 Å². The zero-order chi connectivity index (χ0) is 13.1. The average Bonchev–Trinajstić information content (AvgIpc) is 2.37. The Balaban J connectivity index is 2.08. The third-order valence-electron chi connectivity index (χ3n) is 3.17. The molecule has 1 aliphatic rings. The topological polar surface area (TPSA) is 41.1 Å². The Kier molecular flexibility index (Phi) is 4.65. The van der Waals surface area contributed by atoms with Crippen LogP contribution >= 0.6 is 27.5 Å². The molecule has 1 aromatic carbocycles. The lowest BCUT2D eigenvalue weighted by atomic mass is 9.99. The molecule has 1 fully saturated rings. The molecule has 0 radical (unpaired) electrons. The van der Waals surface area contributed by atoms with Crippen molar-refractivity contribution in [2.75, 3.05) is 18.4 Å². The lowest BCUT2D eigenvalue weighted by Crippen LogP contribution is -2.37. The van der Waals surface area contributed by atoms with Gasteiger partial charge in [0.05, 0.1) is 11.6 Å². The van der Waals surface area contributed by atoms with Crippen LogP contribution in [0.5, 0.6) is 0 Å². The van der Waals surface area contributed by atoms with E-state index in [9.17, 15) is 4.79 Å². The largest absolute Gasteiger partial charge is 0.325 e. The number of hydrogen-bond donors (Lipinski definition) is 2. The first kappa shape index (κ1) is 13.8. The summed E-state index contributed by atoms with van der Waals surface area (Å²) in [6.45, 7) is 3.69. The van der Waals surface area contributed by atoms with Gasteiger partial charge >= 0.3 is 0 Å². The van der Waals surface area contributed by atoms with E-state index in [1.54, 1.807) is 6.07 Å². The molecular weight excluding hydrogens is 316 g/mol. The first-order valence-corrected chi connectivity index (χ1v) is 7.22. The normalized spacial score (nSPS) is 19.6. The molecule has 5 heteroatoms. The van der Waals surface area contributed by atoms with E-state index in [0.29, 0.717) is 5.02 Å². The average molecular weight is 332 g/mol. The molecule has 1 atom stereocenters. The minimum absolute atomic E-state index is 0.0470. The van der Waals surface area contributed by atoms with Crippen molar-refractivity contribution < 1.29 is 4.79 Å². The minimum Gasteiger partial charge on any atom is -0.325 e. The van der Waals surface area contributed by atoms with E-state index in [4.69, 9.17) is 11.6 Å². The Hall–Kier alpha value is -0.580. The van der Waals surface area contributed by atoms with Gasteiger partial charge in [0.15, 0.2) is 0 Å². The summed E-state index contributed by atoms with van der Waals surface area (Å²) >= 11 is 9.52. The molecule has 98 valence electrons. The summed E-state index contributed by atoms with van der Waals surface area (Å²) in [5.74, 6) is 0.105. The fourth-order valence-corrected chi connectivity index (χ4v) is 2.77. The summed E-state index contributed by atoms with van der Waals surface area (Å²) in [7, 11) is 0. The fraction of sp³-hybridized carbons (Fsp3) is 0.462. The van der Waals surface area contributed by atoms with Crippen molar-refractivity contribution in [2.24, 2.45) is 5.92 Å². The van der Waals surface area contributed by atoms with Crippen molar-refractivity contribution in [1.29, 1.82) is 0 Å². The fourth-order valence-electron chi connectivity index (χ4n) is 2.05. The molecule has 3 nitrogen and oxygen atoms in total. The molecule has 2 rings (SSSR count). The summed E-state index contributed by atoms with van der Waals surface area (Å²) < 4.78 is 0.863. The maximum Gasteiger partial charge on any atom is 0.228 e. The van der Waals surface area contributed by atoms with Gasteiger partial charge in [0.25, 0.3) is 0 Å². The van der Waals surface area contributed by atoms with Crippen LogP contribution in [-0.4, -0.2) is 19.0 Å². The maximum absolute atomic E-state index is 12.1. The molecule has 0 unspecified atom stereocenters. The van der Waals surface area contributed by atoms with Crippen LogP contribution in [0.2, 0.25) is 5.02 Å². The number of piperidine rings is 1. The van der Waals surface area contributed by atoms with Gasteiger partial charge in [0, 0.05) is 16.0 Å². The van der Waals surface area contributed by atoms with Crippen molar-refractivity contribution in [3.63, 3.8) is 0 Å². The van der Waals surface area contributed by atoms with Gasteiger partial charge < -0.3 is 10.6 Å². The van der Waals surface area contributed by atoms with Crippen LogP contribution in [0.3, 0.4) is 0 Å². The zero-order valence-corrected chi connectivity index (χ0v) is 12.6. The summed E-state index contributed by atoms with van der Waals surface area (Å²) in [6.07, 6.45) is 1.99. The molecule has 0 aliphatic carbocycles. The number of carbonyl (C=O) groups is 1. The molecule has 18 heavy (non-hydrogen) atoms. The Labute approximate surface area is 120 Å². The molecule has 0 bridgehead atoms. The highest BCUT2D eigenvalue weighted by Gasteiger charge is 2.21. The number of nitrogens with one attached hydrogen (secondary N) is 2. The standard InChI is InChI=1S/C13H16BrClN2O/c1-8-5-10(14)12(6-11(8)15)17-13(18)9-3-2-4-16-7-9/h5-6,9,16H,2-4,7H2,1H3,(H,17,18)/t9-/m1/s1. The summed E-state index contributed by atoms with van der Waals surface area (Å²) in [5.41, 5.74) is 1.72. The maximum atomic E-state index is 12.1. The van der Waals surface area contributed by atoms with Crippen LogP contribution in [-0.2, 0) is 4.79 Å². The molecule has 0 aromatic heterocycles. The van der Waals surface area contributed by atoms with E-state index in [0.717, 1.165) is 41.7 Å². The van der Waals surface area contributed by atoms with E-state index in [1.807, 2.05) is 13.0 Å². The zero-order valence-electron chi connectivity index (χ0n) is 10.2. The number of carbonyl (C=O) groups excluding carboxylic acids is 1. The molecule has 1 aromatic rings. The van der Waals surface area contributed by atoms with Crippen LogP contribution in [0.4, 0.5) is 5.69 Å². The van der Waals surface area contributed by atoms with E-state index >= 15 is 0 Å². The number of rotatable bonds is 2. The first-order chi connectivity index (χ1) is 8.58. The number of halogens is 2. The number of amides is 1. The van der Waals surface area contributed by atoms with Crippen LogP contribution in [0, 0.1) is 12.8 Å². The number of hydrogen-bond acceptors (Lipinski definition) is 2. The van der Waals surface area contributed by atoms with Crippen LogP contribution < -0.4 is 10.6 Å². The number of benzene rings is 1. The molecule has 0 spiro atoms. The SMILES string of the molecule is Cc1cc(Br)c(NC(=O)[C@@H]2CCCNC2)cc1Cl. The van der Waals surface area contributed by atoms with E-state index in [2.05, 4.69) is 26.6 Å². The second-order valence-corrected chi connectivity index (χ2v) is 5.88. The van der Waals surface area contributed by atoms with Gasteiger partial charge in [-0.3, -0.25) is 4.79 Å². The van der Waals surface area contributed by atoms with Crippen molar-refractivity contribution in [3.05, 3.63) is 27.2 Å². The predicted octanol–water partition coefficient (Wildman–Crippen LogP) is 3.35. The summed E-state index contributed by atoms with van der Waals surface area (Å²) in [5, 5.41) is 6.84. The molecule has 2 N–H and O–H groups in total. The van der Waals surface area contributed by atoms with E-state index in [1.165, 1.54) is 0 Å². The van der Waals surface area contributed by atoms with Gasteiger partial charge in [-0.15, -0.1) is 0 Å². The van der Waals surface area contributed by atoms with Gasteiger partial charge in [-0.1, -0.05) is 11.6 Å². The molecular formula is C13H16BrClN2O. The van der Waals surface area contributed by atoms with Gasteiger partial charge in [-0.25, -0.2) is 0 Å². The Morgan fingerprint density at radius 3 is 3.00 bits per heavy atom. The van der Waals surface area contributed by atoms with Crippen molar-refractivity contribution in [3.8, 4) is 0 Å². The summed E-state index contributed by atoms with van der Waals surface area (Å²) in [6, 6.07) is 3.70. The third kappa shape index (κ3) is 3.25. The highest BCUT2D eigenvalue weighted by Crippen LogP contribution is 2.29.